The smallest absolute Gasteiger partial charge is 0.320 e. The SMILES string of the molecule is NC(=O)CC[C@H](N)C(=O)O.N[C@@H](Cc1ccc(O)cc1)C(=O)O.N[C@@H](Cc1ccccc1)C(=O)O.Nc1ccc2nc[nH]c2c1. The van der Waals surface area contributed by atoms with Gasteiger partial charge in [-0.25, -0.2) is 4.98 Å². The van der Waals surface area contributed by atoms with Crippen LogP contribution in [0.4, 0.5) is 5.69 Å². The van der Waals surface area contributed by atoms with Crippen molar-refractivity contribution < 1.29 is 39.6 Å². The molecule has 0 radical (unpaired) electrons. The summed E-state index contributed by atoms with van der Waals surface area (Å²) < 4.78 is 0. The number of nitrogens with zero attached hydrogens (tertiary/aromatic N) is 1. The number of nitrogens with one attached hydrogen (secondary N) is 1. The number of amides is 1. The Morgan fingerprint density at radius 3 is 1.73 bits per heavy atom. The molecule has 0 aliphatic heterocycles. The molecular formula is C30H39N7O8. The van der Waals surface area contributed by atoms with Crippen molar-refractivity contribution in [1.29, 1.82) is 0 Å². The van der Waals surface area contributed by atoms with E-state index < -0.39 is 41.9 Å². The summed E-state index contributed by atoms with van der Waals surface area (Å²) in [7, 11) is 0. The Morgan fingerprint density at radius 2 is 1.24 bits per heavy atom. The number of aromatic nitrogens is 2. The molecule has 0 bridgehead atoms. The van der Waals surface area contributed by atoms with E-state index in [9.17, 15) is 19.2 Å². The van der Waals surface area contributed by atoms with Crippen LogP contribution in [0.1, 0.15) is 24.0 Å². The number of imidazole rings is 1. The van der Waals surface area contributed by atoms with Gasteiger partial charge < -0.3 is 54.1 Å². The average Bonchev–Trinajstić information content (AvgIpc) is 3.46. The third-order valence-electron chi connectivity index (χ3n) is 5.79. The van der Waals surface area contributed by atoms with Crippen LogP contribution in [-0.2, 0) is 32.0 Å². The molecule has 4 rings (SSSR count). The molecule has 3 atom stereocenters. The lowest BCUT2D eigenvalue weighted by Crippen LogP contribution is -2.32. The minimum Gasteiger partial charge on any atom is -0.508 e. The lowest BCUT2D eigenvalue weighted by Gasteiger charge is -2.05. The van der Waals surface area contributed by atoms with Gasteiger partial charge in [-0.15, -0.1) is 0 Å². The number of hydrogen-bond donors (Lipinski definition) is 10. The predicted octanol–water partition coefficient (Wildman–Crippen LogP) is 0.797. The van der Waals surface area contributed by atoms with Crippen LogP contribution in [0.15, 0.2) is 79.1 Å². The maximum Gasteiger partial charge on any atom is 0.320 e. The van der Waals surface area contributed by atoms with Gasteiger partial charge in [0.2, 0.25) is 5.91 Å². The van der Waals surface area contributed by atoms with Gasteiger partial charge >= 0.3 is 17.9 Å². The number of carboxylic acid groups (broad SMARTS) is 3. The van der Waals surface area contributed by atoms with Crippen molar-refractivity contribution in [1.82, 2.24) is 9.97 Å². The fraction of sp³-hybridized carbons (Fsp3) is 0.233. The number of aromatic amines is 1. The molecule has 0 spiro atoms. The van der Waals surface area contributed by atoms with Crippen molar-refractivity contribution in [3.05, 3.63) is 90.3 Å². The predicted molar refractivity (Wildman–Crippen MR) is 168 cm³/mol. The summed E-state index contributed by atoms with van der Waals surface area (Å²) >= 11 is 0. The molecule has 15 heteroatoms. The molecule has 0 aliphatic carbocycles. The Balaban J connectivity index is 0.000000302. The Hall–Kier alpha value is -5.51. The average molecular weight is 626 g/mol. The fourth-order valence-corrected chi connectivity index (χ4v) is 3.30. The third-order valence-corrected chi connectivity index (χ3v) is 5.79. The fourth-order valence-electron chi connectivity index (χ4n) is 3.30. The van der Waals surface area contributed by atoms with Gasteiger partial charge in [0.25, 0.3) is 0 Å². The van der Waals surface area contributed by atoms with E-state index in [1.54, 1.807) is 18.5 Å². The first-order chi connectivity index (χ1) is 21.2. The molecule has 1 heterocycles. The first-order valence-electron chi connectivity index (χ1n) is 13.4. The van der Waals surface area contributed by atoms with Crippen molar-refractivity contribution in [2.75, 3.05) is 5.73 Å². The minimum atomic E-state index is -1.11. The molecule has 0 fully saturated rings. The molecule has 0 unspecified atom stereocenters. The molecule has 4 aromatic rings. The van der Waals surface area contributed by atoms with Gasteiger partial charge in [0.1, 0.15) is 23.9 Å². The molecule has 15 nitrogen and oxygen atoms in total. The van der Waals surface area contributed by atoms with E-state index in [-0.39, 0.29) is 25.0 Å². The maximum atomic E-state index is 10.4. The number of rotatable bonds is 10. The highest BCUT2D eigenvalue weighted by molar-refractivity contribution is 5.78. The molecule has 3 aromatic carbocycles. The number of phenolic OH excluding ortho intramolecular Hbond substituents is 1. The molecule has 45 heavy (non-hydrogen) atoms. The Bertz CT molecular complexity index is 1500. The van der Waals surface area contributed by atoms with Crippen molar-refractivity contribution in [2.24, 2.45) is 22.9 Å². The number of anilines is 1. The number of phenols is 1. The van der Waals surface area contributed by atoms with E-state index in [1.807, 2.05) is 48.5 Å². The normalized spacial score (nSPS) is 12.0. The summed E-state index contributed by atoms with van der Waals surface area (Å²) in [4.78, 5) is 47.9. The van der Waals surface area contributed by atoms with E-state index in [0.29, 0.717) is 6.42 Å². The van der Waals surface area contributed by atoms with Crippen LogP contribution in [0.25, 0.3) is 11.0 Å². The van der Waals surface area contributed by atoms with Crippen molar-refractivity contribution >= 4 is 40.5 Å². The lowest BCUT2D eigenvalue weighted by molar-refractivity contribution is -0.139. The number of aromatic hydroxyl groups is 1. The Kier molecular flexibility index (Phi) is 16.4. The molecule has 0 aliphatic rings. The van der Waals surface area contributed by atoms with Crippen molar-refractivity contribution in [3.63, 3.8) is 0 Å². The summed E-state index contributed by atoms with van der Waals surface area (Å²) in [6.45, 7) is 0. The molecule has 0 saturated heterocycles. The first kappa shape index (κ1) is 37.5. The highest BCUT2D eigenvalue weighted by atomic mass is 16.4. The highest BCUT2D eigenvalue weighted by Gasteiger charge is 2.12. The number of carbonyl (C=O) groups excluding carboxylic acids is 1. The summed E-state index contributed by atoms with van der Waals surface area (Å²) in [6, 6.07) is 18.6. The molecule has 15 N–H and O–H groups in total. The number of fused-ring (bicyclic) bond motifs is 1. The summed E-state index contributed by atoms with van der Waals surface area (Å²) in [5.74, 6) is -3.46. The van der Waals surface area contributed by atoms with Crippen LogP contribution in [-0.4, -0.2) is 72.3 Å². The maximum absolute atomic E-state index is 10.4. The second-order valence-electron chi connectivity index (χ2n) is 9.58. The van der Waals surface area contributed by atoms with Gasteiger partial charge in [0, 0.05) is 12.1 Å². The number of nitrogens with two attached hydrogens (primary N) is 5. The number of aliphatic carboxylic acids is 3. The highest BCUT2D eigenvalue weighted by Crippen LogP contribution is 2.12. The second kappa shape index (κ2) is 19.6. The molecule has 0 saturated carbocycles. The number of nitrogen functional groups attached to an aromatic ring is 1. The number of H-pyrrole nitrogens is 1. The number of carboxylic acids is 3. The minimum absolute atomic E-state index is 0.0213. The van der Waals surface area contributed by atoms with Gasteiger partial charge in [-0.1, -0.05) is 42.5 Å². The molecular weight excluding hydrogens is 586 g/mol. The quantitative estimate of drug-likeness (QED) is 0.109. The van der Waals surface area contributed by atoms with Crippen LogP contribution in [0, 0.1) is 0 Å². The lowest BCUT2D eigenvalue weighted by atomic mass is 10.1. The van der Waals surface area contributed by atoms with Crippen molar-refractivity contribution in [3.8, 4) is 5.75 Å². The zero-order valence-corrected chi connectivity index (χ0v) is 24.3. The Labute approximate surface area is 258 Å². The number of carbonyl (C=O) groups is 4. The van der Waals surface area contributed by atoms with E-state index in [0.717, 1.165) is 27.8 Å². The van der Waals surface area contributed by atoms with Crippen molar-refractivity contribution in [2.45, 2.75) is 43.8 Å². The van der Waals surface area contributed by atoms with Gasteiger partial charge in [-0.05, 0) is 60.7 Å². The van der Waals surface area contributed by atoms with E-state index in [1.165, 1.54) is 12.1 Å². The largest absolute Gasteiger partial charge is 0.508 e. The van der Waals surface area contributed by atoms with Gasteiger partial charge in [-0.2, -0.15) is 0 Å². The van der Waals surface area contributed by atoms with E-state index in [2.05, 4.69) is 9.97 Å². The van der Waals surface area contributed by atoms with E-state index >= 15 is 0 Å². The van der Waals surface area contributed by atoms with Crippen LogP contribution >= 0.6 is 0 Å². The Morgan fingerprint density at radius 1 is 0.733 bits per heavy atom. The van der Waals surface area contributed by atoms with Gasteiger partial charge in [0.05, 0.1) is 17.4 Å². The topological polar surface area (TPSA) is 308 Å². The number of primary amides is 1. The monoisotopic (exact) mass is 625 g/mol. The van der Waals surface area contributed by atoms with Gasteiger partial charge in [-0.3, -0.25) is 19.2 Å². The van der Waals surface area contributed by atoms with Crippen LogP contribution in [0.2, 0.25) is 0 Å². The summed E-state index contributed by atoms with van der Waals surface area (Å²) in [5, 5.41) is 34.2. The molecule has 242 valence electrons. The van der Waals surface area contributed by atoms with Crippen LogP contribution < -0.4 is 28.7 Å². The standard InChI is InChI=1S/C9H11NO3.C9H11NO2.C7H7N3.C5H10N2O3/c10-8(9(12)13)5-6-1-3-7(11)4-2-6;10-8(9(11)12)6-7-4-2-1-3-5-7;8-5-1-2-6-7(3-5)10-4-9-6;6-3(5(9)10)1-2-4(7)8/h1-4,8,11H,5,10H2,(H,12,13);1-5,8H,6,10H2,(H,11,12);1-4H,8H2,(H,9,10);3H,1-2,6H2,(H2,7,8)(H,9,10)/t2*8-;;3-/m00.0/s1. The van der Waals surface area contributed by atoms with Gasteiger partial charge in [0.15, 0.2) is 0 Å². The first-order valence-corrected chi connectivity index (χ1v) is 13.4. The summed E-state index contributed by atoms with van der Waals surface area (Å²) in [6.07, 6.45) is 2.44. The van der Waals surface area contributed by atoms with E-state index in [4.69, 9.17) is 49.1 Å². The summed E-state index contributed by atoms with van der Waals surface area (Å²) in [5.41, 5.74) is 30.5. The molecule has 1 aromatic heterocycles. The zero-order valence-electron chi connectivity index (χ0n) is 24.3. The number of hydrogen-bond acceptors (Lipinski definition) is 10. The van der Waals surface area contributed by atoms with Crippen LogP contribution in [0.3, 0.4) is 0 Å². The van der Waals surface area contributed by atoms with Crippen LogP contribution in [0.5, 0.6) is 5.75 Å². The third kappa shape index (κ3) is 16.1. The molecule has 1 amide bonds. The second-order valence-corrected chi connectivity index (χ2v) is 9.58. The zero-order chi connectivity index (χ0) is 33.9. The number of benzene rings is 3.